The summed E-state index contributed by atoms with van der Waals surface area (Å²) in [6.07, 6.45) is 3.38. The van der Waals surface area contributed by atoms with E-state index in [1.54, 1.807) is 59.4 Å². The van der Waals surface area contributed by atoms with Gasteiger partial charge in [0.1, 0.15) is 12.1 Å². The molecular formula is C28H19ClN4O4. The Hall–Kier alpha value is -4.69. The molecule has 0 aliphatic rings. The summed E-state index contributed by atoms with van der Waals surface area (Å²) in [5.41, 5.74) is 2.37. The van der Waals surface area contributed by atoms with Crippen molar-refractivity contribution in [3.63, 3.8) is 0 Å². The van der Waals surface area contributed by atoms with Crippen molar-refractivity contribution in [3.8, 4) is 11.6 Å². The average Bonchev–Trinajstić information content (AvgIpc) is 3.49. The number of fused-ring (bicyclic) bond motifs is 3. The standard InChI is InChI=1S/C28H19ClN4O4/c1-36-26(34)16-32-15-18(20-6-3-5-9-23(20)32)14-30-33-27(31-22-8-4-2-7-21(22)28(33)35)25-13-17-12-19(29)10-11-24(17)37-25/h2-15H,16H2,1H3. The number of halogens is 1. The fraction of sp³-hybridized carbons (Fsp3) is 0.0714. The Labute approximate surface area is 215 Å². The molecule has 0 aliphatic carbocycles. The van der Waals surface area contributed by atoms with Crippen LogP contribution in [0.25, 0.3) is 44.4 Å². The van der Waals surface area contributed by atoms with Crippen molar-refractivity contribution in [2.45, 2.75) is 6.54 Å². The summed E-state index contributed by atoms with van der Waals surface area (Å²) in [6.45, 7) is 0.0507. The third-order valence-corrected chi connectivity index (χ3v) is 6.35. The Bertz CT molecular complexity index is 1920. The van der Waals surface area contributed by atoms with E-state index in [-0.39, 0.29) is 23.9 Å². The third-order valence-electron chi connectivity index (χ3n) is 6.11. The lowest BCUT2D eigenvalue weighted by Crippen LogP contribution is -2.20. The van der Waals surface area contributed by atoms with Crippen LogP contribution in [0.1, 0.15) is 5.56 Å². The van der Waals surface area contributed by atoms with Crippen molar-refractivity contribution >= 4 is 56.6 Å². The molecule has 0 amide bonds. The van der Waals surface area contributed by atoms with E-state index in [1.165, 1.54) is 11.8 Å². The molecule has 0 saturated heterocycles. The minimum absolute atomic E-state index is 0.0507. The van der Waals surface area contributed by atoms with Gasteiger partial charge >= 0.3 is 5.97 Å². The number of carbonyl (C=O) groups excluding carboxylic acids is 1. The Morgan fingerprint density at radius 3 is 2.70 bits per heavy atom. The topological polar surface area (TPSA) is 91.6 Å². The highest BCUT2D eigenvalue weighted by atomic mass is 35.5. The van der Waals surface area contributed by atoms with Crippen LogP contribution in [-0.4, -0.2) is 33.5 Å². The number of furan rings is 1. The molecule has 9 heteroatoms. The first-order chi connectivity index (χ1) is 18.0. The maximum absolute atomic E-state index is 13.5. The maximum Gasteiger partial charge on any atom is 0.325 e. The molecule has 6 aromatic rings. The van der Waals surface area contributed by atoms with Gasteiger partial charge in [0.15, 0.2) is 5.76 Å². The van der Waals surface area contributed by atoms with Crippen LogP contribution in [0, 0.1) is 0 Å². The SMILES string of the molecule is COC(=O)Cn1cc(C=Nn2c(-c3cc4cc(Cl)ccc4o3)nc3ccccc3c2=O)c2ccccc21. The van der Waals surface area contributed by atoms with Crippen LogP contribution < -0.4 is 5.56 Å². The Morgan fingerprint density at radius 2 is 1.86 bits per heavy atom. The fourth-order valence-electron chi connectivity index (χ4n) is 4.35. The highest BCUT2D eigenvalue weighted by Gasteiger charge is 2.17. The summed E-state index contributed by atoms with van der Waals surface area (Å²) in [6, 6.07) is 21.8. The number of methoxy groups -OCH3 is 1. The summed E-state index contributed by atoms with van der Waals surface area (Å²) in [7, 11) is 1.35. The maximum atomic E-state index is 13.5. The molecule has 3 aromatic carbocycles. The molecule has 0 spiro atoms. The zero-order valence-electron chi connectivity index (χ0n) is 19.6. The van der Waals surface area contributed by atoms with Gasteiger partial charge in [-0.3, -0.25) is 9.59 Å². The molecular weight excluding hydrogens is 492 g/mol. The summed E-state index contributed by atoms with van der Waals surface area (Å²) in [4.78, 5) is 30.2. The van der Waals surface area contributed by atoms with Gasteiger partial charge in [0, 0.05) is 33.1 Å². The zero-order chi connectivity index (χ0) is 25.5. The lowest BCUT2D eigenvalue weighted by molar-refractivity contribution is -0.141. The second-order valence-electron chi connectivity index (χ2n) is 8.41. The van der Waals surface area contributed by atoms with Crippen molar-refractivity contribution in [1.29, 1.82) is 0 Å². The van der Waals surface area contributed by atoms with Crippen LogP contribution in [-0.2, 0) is 16.1 Å². The minimum Gasteiger partial charge on any atom is -0.468 e. The quantitative estimate of drug-likeness (QED) is 0.226. The van der Waals surface area contributed by atoms with Crippen molar-refractivity contribution < 1.29 is 13.9 Å². The van der Waals surface area contributed by atoms with Gasteiger partial charge in [-0.05, 0) is 42.5 Å². The summed E-state index contributed by atoms with van der Waals surface area (Å²) >= 11 is 6.15. The fourth-order valence-corrected chi connectivity index (χ4v) is 4.53. The number of hydrogen-bond donors (Lipinski definition) is 0. The van der Waals surface area contributed by atoms with E-state index in [1.807, 2.05) is 30.3 Å². The predicted molar refractivity (Wildman–Crippen MR) is 143 cm³/mol. The van der Waals surface area contributed by atoms with Crippen LogP contribution in [0.2, 0.25) is 5.02 Å². The summed E-state index contributed by atoms with van der Waals surface area (Å²) in [5, 5.41) is 7.21. The number of para-hydroxylation sites is 2. The number of hydrogen-bond acceptors (Lipinski definition) is 6. The molecule has 0 bridgehead atoms. The van der Waals surface area contributed by atoms with E-state index >= 15 is 0 Å². The predicted octanol–water partition coefficient (Wildman–Crippen LogP) is 5.47. The van der Waals surface area contributed by atoms with Crippen LogP contribution in [0.5, 0.6) is 0 Å². The van der Waals surface area contributed by atoms with Crippen LogP contribution in [0.4, 0.5) is 0 Å². The molecule has 0 radical (unpaired) electrons. The minimum atomic E-state index is -0.369. The molecule has 6 rings (SSSR count). The first-order valence-electron chi connectivity index (χ1n) is 11.4. The molecule has 3 heterocycles. The number of carbonyl (C=O) groups is 1. The monoisotopic (exact) mass is 510 g/mol. The Morgan fingerprint density at radius 1 is 1.08 bits per heavy atom. The van der Waals surface area contributed by atoms with Gasteiger partial charge in [0.25, 0.3) is 5.56 Å². The second-order valence-corrected chi connectivity index (χ2v) is 8.85. The van der Waals surface area contributed by atoms with Crippen molar-refractivity contribution in [3.05, 3.63) is 99.9 Å². The van der Waals surface area contributed by atoms with E-state index in [2.05, 4.69) is 5.10 Å². The van der Waals surface area contributed by atoms with E-state index < -0.39 is 0 Å². The molecule has 3 aromatic heterocycles. The zero-order valence-corrected chi connectivity index (χ0v) is 20.3. The highest BCUT2D eigenvalue weighted by molar-refractivity contribution is 6.31. The summed E-state index contributed by atoms with van der Waals surface area (Å²) in [5.74, 6) is 0.266. The number of ether oxygens (including phenoxy) is 1. The smallest absolute Gasteiger partial charge is 0.325 e. The first kappa shape index (κ1) is 22.8. The molecule has 0 aliphatic heterocycles. The van der Waals surface area contributed by atoms with Gasteiger partial charge < -0.3 is 13.7 Å². The number of aromatic nitrogens is 3. The van der Waals surface area contributed by atoms with E-state index in [9.17, 15) is 9.59 Å². The molecule has 0 N–H and O–H groups in total. The highest BCUT2D eigenvalue weighted by Crippen LogP contribution is 2.29. The number of rotatable bonds is 5. The molecule has 182 valence electrons. The van der Waals surface area contributed by atoms with Gasteiger partial charge in [-0.2, -0.15) is 9.78 Å². The number of esters is 1. The molecule has 8 nitrogen and oxygen atoms in total. The van der Waals surface area contributed by atoms with Gasteiger partial charge in [0.05, 0.1) is 24.2 Å². The van der Waals surface area contributed by atoms with E-state index in [0.29, 0.717) is 27.3 Å². The molecule has 0 atom stereocenters. The second kappa shape index (κ2) is 9.07. The van der Waals surface area contributed by atoms with Crippen molar-refractivity contribution in [1.82, 2.24) is 14.2 Å². The molecule has 37 heavy (non-hydrogen) atoms. The summed E-state index contributed by atoms with van der Waals surface area (Å²) < 4.78 is 13.9. The number of nitrogens with zero attached hydrogens (tertiary/aromatic N) is 4. The van der Waals surface area contributed by atoms with Gasteiger partial charge in [-0.25, -0.2) is 4.98 Å². The van der Waals surface area contributed by atoms with Gasteiger partial charge in [0.2, 0.25) is 5.82 Å². The largest absolute Gasteiger partial charge is 0.468 e. The van der Waals surface area contributed by atoms with Crippen molar-refractivity contribution in [2.75, 3.05) is 7.11 Å². The van der Waals surface area contributed by atoms with Gasteiger partial charge in [-0.15, -0.1) is 0 Å². The normalized spacial score (nSPS) is 11.7. The van der Waals surface area contributed by atoms with E-state index in [4.69, 9.17) is 25.7 Å². The molecule has 0 fully saturated rings. The Balaban J connectivity index is 1.53. The van der Waals surface area contributed by atoms with Crippen molar-refractivity contribution in [2.24, 2.45) is 5.10 Å². The van der Waals surface area contributed by atoms with Crippen LogP contribution >= 0.6 is 11.6 Å². The average molecular weight is 511 g/mol. The lowest BCUT2D eigenvalue weighted by Gasteiger charge is -2.07. The molecule has 0 saturated carbocycles. The Kier molecular flexibility index (Phi) is 5.58. The molecule has 0 unspecified atom stereocenters. The first-order valence-corrected chi connectivity index (χ1v) is 11.8. The third kappa shape index (κ3) is 4.07. The van der Waals surface area contributed by atoms with Crippen LogP contribution in [0.3, 0.4) is 0 Å². The van der Waals surface area contributed by atoms with Crippen LogP contribution in [0.15, 0.2) is 93.3 Å². The van der Waals surface area contributed by atoms with Gasteiger partial charge in [-0.1, -0.05) is 41.9 Å². The number of benzene rings is 3. The lowest BCUT2D eigenvalue weighted by atomic mass is 10.2. The van der Waals surface area contributed by atoms with E-state index in [0.717, 1.165) is 21.9 Å².